The molecule has 0 fully saturated rings. The molecule has 0 spiro atoms. The molecule has 52 heavy (non-hydrogen) atoms. The molecule has 6 heteroatoms. The predicted octanol–water partition coefficient (Wildman–Crippen LogP) is 10.9. The summed E-state index contributed by atoms with van der Waals surface area (Å²) in [5.41, 5.74) is 9.67. The van der Waals surface area contributed by atoms with Gasteiger partial charge >= 0.3 is 0 Å². The van der Waals surface area contributed by atoms with E-state index in [9.17, 15) is 5.26 Å². The van der Waals surface area contributed by atoms with Crippen LogP contribution in [0.3, 0.4) is 0 Å². The number of nitrogens with zero attached hydrogens (tertiary/aromatic N) is 6. The van der Waals surface area contributed by atoms with Gasteiger partial charge in [0.25, 0.3) is 0 Å². The van der Waals surface area contributed by atoms with Crippen LogP contribution in [0.15, 0.2) is 170 Å². The smallest absolute Gasteiger partial charge is 0.164 e. The normalized spacial score (nSPS) is 11.4. The first-order chi connectivity index (χ1) is 25.7. The Labute approximate surface area is 299 Å². The molecule has 0 aliphatic heterocycles. The molecule has 6 nitrogen and oxygen atoms in total. The second-order valence-corrected chi connectivity index (χ2v) is 12.8. The van der Waals surface area contributed by atoms with Gasteiger partial charge in [-0.05, 0) is 48.5 Å². The van der Waals surface area contributed by atoms with Gasteiger partial charge in [0, 0.05) is 49.6 Å². The Morgan fingerprint density at radius 1 is 0.404 bits per heavy atom. The number of aromatic nitrogens is 5. The Balaban J connectivity index is 1.26. The van der Waals surface area contributed by atoms with Crippen LogP contribution >= 0.6 is 0 Å². The Hall–Kier alpha value is -7.36. The fraction of sp³-hybridized carbons (Fsp3) is 0. The molecule has 10 aromatic rings. The minimum Gasteiger partial charge on any atom is -0.309 e. The largest absolute Gasteiger partial charge is 0.309 e. The van der Waals surface area contributed by atoms with Gasteiger partial charge in [-0.3, -0.25) is 0 Å². The van der Waals surface area contributed by atoms with E-state index in [-0.39, 0.29) is 0 Å². The number of benzene rings is 7. The first-order valence-electron chi connectivity index (χ1n) is 17.2. The van der Waals surface area contributed by atoms with Gasteiger partial charge in [-0.2, -0.15) is 5.26 Å². The van der Waals surface area contributed by atoms with Crippen LogP contribution in [0, 0.1) is 11.3 Å². The molecular formula is C46H28N6. The van der Waals surface area contributed by atoms with Crippen LogP contribution in [-0.4, -0.2) is 24.1 Å². The highest BCUT2D eigenvalue weighted by atomic mass is 15.0. The molecule has 0 saturated carbocycles. The van der Waals surface area contributed by atoms with Crippen LogP contribution in [0.5, 0.6) is 0 Å². The van der Waals surface area contributed by atoms with E-state index in [1.54, 1.807) is 0 Å². The van der Waals surface area contributed by atoms with Gasteiger partial charge in [-0.25, -0.2) is 15.0 Å². The van der Waals surface area contributed by atoms with E-state index in [1.807, 2.05) is 78.9 Å². The van der Waals surface area contributed by atoms with Gasteiger partial charge in [-0.15, -0.1) is 0 Å². The quantitative estimate of drug-likeness (QED) is 0.184. The van der Waals surface area contributed by atoms with Gasteiger partial charge in [0.05, 0.1) is 33.7 Å². The van der Waals surface area contributed by atoms with Crippen LogP contribution in [0.2, 0.25) is 0 Å². The molecule has 0 atom stereocenters. The first kappa shape index (κ1) is 29.5. The maximum absolute atomic E-state index is 9.90. The highest BCUT2D eigenvalue weighted by molar-refractivity contribution is 6.26. The average molecular weight is 665 g/mol. The summed E-state index contributed by atoms with van der Waals surface area (Å²) in [5, 5.41) is 14.4. The van der Waals surface area contributed by atoms with Crippen molar-refractivity contribution < 1.29 is 0 Å². The first-order valence-corrected chi connectivity index (χ1v) is 17.2. The predicted molar refractivity (Wildman–Crippen MR) is 210 cm³/mol. The summed E-state index contributed by atoms with van der Waals surface area (Å²) in [6.07, 6.45) is 0. The lowest BCUT2D eigenvalue weighted by Gasteiger charge is -2.12. The molecule has 0 N–H and O–H groups in total. The minimum atomic E-state index is 0.602. The summed E-state index contributed by atoms with van der Waals surface area (Å²) >= 11 is 0. The molecule has 3 heterocycles. The third kappa shape index (κ3) is 4.68. The Kier molecular flexibility index (Phi) is 6.76. The summed E-state index contributed by atoms with van der Waals surface area (Å²) in [6, 6.07) is 60.3. The van der Waals surface area contributed by atoms with Crippen molar-refractivity contribution in [3.05, 3.63) is 175 Å². The molecule has 0 saturated heterocycles. The lowest BCUT2D eigenvalue weighted by atomic mass is 10.1. The highest BCUT2D eigenvalue weighted by Crippen LogP contribution is 2.42. The average Bonchev–Trinajstić information content (AvgIpc) is 3.74. The maximum atomic E-state index is 9.90. The number of hydrogen-bond donors (Lipinski definition) is 0. The van der Waals surface area contributed by atoms with E-state index >= 15 is 0 Å². The molecule has 0 radical (unpaired) electrons. The highest BCUT2D eigenvalue weighted by Gasteiger charge is 2.22. The molecule has 0 bridgehead atoms. The summed E-state index contributed by atoms with van der Waals surface area (Å²) in [6.45, 7) is 0. The number of para-hydroxylation sites is 2. The van der Waals surface area contributed by atoms with Crippen molar-refractivity contribution in [2.75, 3.05) is 0 Å². The second-order valence-electron chi connectivity index (χ2n) is 12.8. The van der Waals surface area contributed by atoms with Crippen molar-refractivity contribution >= 4 is 43.6 Å². The fourth-order valence-electron chi connectivity index (χ4n) is 7.47. The van der Waals surface area contributed by atoms with E-state index in [1.165, 1.54) is 0 Å². The molecule has 3 aromatic heterocycles. The van der Waals surface area contributed by atoms with Crippen LogP contribution < -0.4 is 0 Å². The van der Waals surface area contributed by atoms with E-state index in [4.69, 9.17) is 15.0 Å². The molecule has 0 amide bonds. The Bertz CT molecular complexity index is 2950. The molecule has 0 aliphatic rings. The number of hydrogen-bond acceptors (Lipinski definition) is 4. The zero-order chi connectivity index (χ0) is 34.6. The lowest BCUT2D eigenvalue weighted by molar-refractivity contribution is 1.07. The van der Waals surface area contributed by atoms with E-state index < -0.39 is 0 Å². The van der Waals surface area contributed by atoms with Crippen molar-refractivity contribution in [3.63, 3.8) is 0 Å². The topological polar surface area (TPSA) is 72.3 Å². The Morgan fingerprint density at radius 3 is 1.67 bits per heavy atom. The van der Waals surface area contributed by atoms with Gasteiger partial charge in [-0.1, -0.05) is 121 Å². The molecule has 10 rings (SSSR count). The van der Waals surface area contributed by atoms with Gasteiger partial charge < -0.3 is 9.13 Å². The zero-order valence-corrected chi connectivity index (χ0v) is 27.8. The fourth-order valence-corrected chi connectivity index (χ4v) is 7.47. The van der Waals surface area contributed by atoms with Gasteiger partial charge in [0.1, 0.15) is 0 Å². The van der Waals surface area contributed by atoms with Crippen molar-refractivity contribution in [3.8, 4) is 51.6 Å². The van der Waals surface area contributed by atoms with Crippen molar-refractivity contribution in [1.82, 2.24) is 24.1 Å². The third-order valence-corrected chi connectivity index (χ3v) is 9.77. The van der Waals surface area contributed by atoms with Gasteiger partial charge in [0.15, 0.2) is 17.5 Å². The zero-order valence-electron chi connectivity index (χ0n) is 27.8. The van der Waals surface area contributed by atoms with Crippen molar-refractivity contribution in [2.45, 2.75) is 0 Å². The monoisotopic (exact) mass is 664 g/mol. The standard InChI is InChI=1S/C46H28N6/c47-29-30-23-24-38-41(27-30)51(34-18-8-3-9-19-34)40-26-25-37-36-21-10-11-22-39(36)52(43(37)42(38)40)35-20-12-17-33(28-35)46-49-44(31-13-4-1-5-14-31)48-45(50-46)32-15-6-2-7-16-32/h1-28H. The number of rotatable bonds is 5. The molecule has 0 unspecified atom stereocenters. The van der Waals surface area contributed by atoms with E-state index in [2.05, 4.69) is 106 Å². The molecular weight excluding hydrogens is 637 g/mol. The van der Waals surface area contributed by atoms with Crippen LogP contribution in [0.4, 0.5) is 0 Å². The van der Waals surface area contributed by atoms with Crippen molar-refractivity contribution in [2.24, 2.45) is 0 Å². The number of fused-ring (bicyclic) bond motifs is 7. The minimum absolute atomic E-state index is 0.602. The van der Waals surface area contributed by atoms with Crippen LogP contribution in [0.1, 0.15) is 5.56 Å². The maximum Gasteiger partial charge on any atom is 0.164 e. The van der Waals surface area contributed by atoms with Crippen molar-refractivity contribution in [1.29, 1.82) is 5.26 Å². The Morgan fingerprint density at radius 2 is 0.981 bits per heavy atom. The summed E-state index contributed by atoms with van der Waals surface area (Å²) < 4.78 is 4.63. The SMILES string of the molecule is N#Cc1ccc2c3c(ccc4c5ccccc5n(-c5cccc(-c6nc(-c7ccccc7)nc(-c7ccccc7)n6)c5)c43)n(-c3ccccc3)c2c1. The molecule has 7 aromatic carbocycles. The molecule has 0 aliphatic carbocycles. The number of nitriles is 1. The third-order valence-electron chi connectivity index (χ3n) is 9.77. The lowest BCUT2D eigenvalue weighted by Crippen LogP contribution is -2.01. The van der Waals surface area contributed by atoms with E-state index in [0.29, 0.717) is 23.0 Å². The van der Waals surface area contributed by atoms with Crippen LogP contribution in [-0.2, 0) is 0 Å². The summed E-state index contributed by atoms with van der Waals surface area (Å²) in [5.74, 6) is 1.85. The second kappa shape index (κ2) is 11.9. The van der Waals surface area contributed by atoms with Crippen LogP contribution in [0.25, 0.3) is 89.2 Å². The van der Waals surface area contributed by atoms with E-state index in [0.717, 1.165) is 71.7 Å². The van der Waals surface area contributed by atoms with Gasteiger partial charge in [0.2, 0.25) is 0 Å². The summed E-state index contributed by atoms with van der Waals surface area (Å²) in [4.78, 5) is 15.0. The molecule has 242 valence electrons. The summed E-state index contributed by atoms with van der Waals surface area (Å²) in [7, 11) is 0.